The molecule has 0 spiro atoms. The number of thioether (sulfide) groups is 1. The van der Waals surface area contributed by atoms with Gasteiger partial charge < -0.3 is 4.57 Å². The van der Waals surface area contributed by atoms with E-state index in [2.05, 4.69) is 9.71 Å². The van der Waals surface area contributed by atoms with Crippen molar-refractivity contribution < 1.29 is 8.42 Å². The number of nitriles is 1. The van der Waals surface area contributed by atoms with E-state index in [-0.39, 0.29) is 17.3 Å². The van der Waals surface area contributed by atoms with Crippen LogP contribution < -0.4 is 4.72 Å². The van der Waals surface area contributed by atoms with E-state index in [1.54, 1.807) is 28.8 Å². The summed E-state index contributed by atoms with van der Waals surface area (Å²) in [4.78, 5) is 4.19. The second kappa shape index (κ2) is 5.83. The van der Waals surface area contributed by atoms with Crippen molar-refractivity contribution in [1.82, 2.24) is 9.55 Å². The van der Waals surface area contributed by atoms with Crippen LogP contribution in [-0.4, -0.2) is 23.7 Å². The highest BCUT2D eigenvalue weighted by Crippen LogP contribution is 2.31. The monoisotopic (exact) mass is 354 g/mol. The SMILES string of the molecule is N#Cc1c(NS(=O)(=O)Cc2ccccc2Cl)nc2n1CCS2. The second-order valence-corrected chi connectivity index (χ2v) is 7.85. The first kappa shape index (κ1) is 15.2. The standard InChI is InChI=1S/C13H11ClN4O2S2/c14-10-4-2-1-3-9(10)8-22(19,20)17-12-11(7-15)18-5-6-21-13(18)16-12/h1-4,17H,5-6,8H2. The van der Waals surface area contributed by atoms with E-state index in [0.717, 1.165) is 5.75 Å². The van der Waals surface area contributed by atoms with Gasteiger partial charge in [0.2, 0.25) is 10.0 Å². The van der Waals surface area contributed by atoms with Gasteiger partial charge in [-0.25, -0.2) is 13.4 Å². The van der Waals surface area contributed by atoms with Gasteiger partial charge in [0.25, 0.3) is 0 Å². The predicted octanol–water partition coefficient (Wildman–Crippen LogP) is 2.46. The minimum atomic E-state index is -3.70. The van der Waals surface area contributed by atoms with Gasteiger partial charge in [-0.2, -0.15) is 5.26 Å². The molecule has 1 aliphatic heterocycles. The maximum atomic E-state index is 12.3. The third kappa shape index (κ3) is 2.92. The molecule has 0 fully saturated rings. The minimum Gasteiger partial charge on any atom is -0.308 e. The molecule has 2 aromatic rings. The Balaban J connectivity index is 1.87. The molecule has 0 bridgehead atoms. The third-order valence-corrected chi connectivity index (χ3v) is 5.66. The first-order valence-electron chi connectivity index (χ1n) is 6.37. The number of rotatable bonds is 4. The molecule has 0 saturated heterocycles. The summed E-state index contributed by atoms with van der Waals surface area (Å²) in [7, 11) is -3.70. The maximum absolute atomic E-state index is 12.3. The molecule has 1 aliphatic rings. The maximum Gasteiger partial charge on any atom is 0.238 e. The van der Waals surface area contributed by atoms with Crippen molar-refractivity contribution in [1.29, 1.82) is 5.26 Å². The van der Waals surface area contributed by atoms with Crippen LogP contribution in [0.5, 0.6) is 0 Å². The van der Waals surface area contributed by atoms with Crippen LogP contribution in [-0.2, 0) is 22.3 Å². The van der Waals surface area contributed by atoms with Crippen LogP contribution in [0.25, 0.3) is 0 Å². The van der Waals surface area contributed by atoms with Crippen molar-refractivity contribution >= 4 is 39.2 Å². The van der Waals surface area contributed by atoms with E-state index < -0.39 is 10.0 Å². The lowest BCUT2D eigenvalue weighted by Crippen LogP contribution is -2.16. The zero-order chi connectivity index (χ0) is 15.7. The number of nitrogens with zero attached hydrogens (tertiary/aromatic N) is 3. The summed E-state index contributed by atoms with van der Waals surface area (Å²) in [6.07, 6.45) is 0. The fraction of sp³-hybridized carbons (Fsp3) is 0.231. The Hall–Kier alpha value is -1.69. The largest absolute Gasteiger partial charge is 0.308 e. The summed E-state index contributed by atoms with van der Waals surface area (Å²) in [5.74, 6) is 0.646. The summed E-state index contributed by atoms with van der Waals surface area (Å²) < 4.78 is 28.7. The average Bonchev–Trinajstić information content (AvgIpc) is 3.01. The van der Waals surface area contributed by atoms with Gasteiger partial charge in [0, 0.05) is 17.3 Å². The van der Waals surface area contributed by atoms with Crippen LogP contribution in [0, 0.1) is 11.3 Å². The minimum absolute atomic E-state index is 0.0803. The molecule has 0 amide bonds. The van der Waals surface area contributed by atoms with Gasteiger partial charge in [-0.05, 0) is 11.6 Å². The first-order valence-corrected chi connectivity index (χ1v) is 9.39. The van der Waals surface area contributed by atoms with Gasteiger partial charge >= 0.3 is 0 Å². The lowest BCUT2D eigenvalue weighted by Gasteiger charge is -2.07. The van der Waals surface area contributed by atoms with Crippen LogP contribution in [0.3, 0.4) is 0 Å². The molecule has 0 saturated carbocycles. The zero-order valence-electron chi connectivity index (χ0n) is 11.3. The number of aromatic nitrogens is 2. The van der Waals surface area contributed by atoms with Gasteiger partial charge in [0.15, 0.2) is 16.7 Å². The van der Waals surface area contributed by atoms with Crippen molar-refractivity contribution in [3.8, 4) is 6.07 Å². The predicted molar refractivity (Wildman–Crippen MR) is 85.4 cm³/mol. The molecule has 9 heteroatoms. The van der Waals surface area contributed by atoms with E-state index in [1.807, 2.05) is 6.07 Å². The molecule has 0 unspecified atom stereocenters. The van der Waals surface area contributed by atoms with Crippen molar-refractivity contribution in [3.63, 3.8) is 0 Å². The van der Waals surface area contributed by atoms with Gasteiger partial charge in [0.05, 0.1) is 5.75 Å². The fourth-order valence-corrected chi connectivity index (χ4v) is 4.57. The fourth-order valence-electron chi connectivity index (χ4n) is 2.17. The lowest BCUT2D eigenvalue weighted by atomic mass is 10.2. The Bertz CT molecular complexity index is 871. The number of nitrogens with one attached hydrogen (secondary N) is 1. The Labute approximate surface area is 137 Å². The lowest BCUT2D eigenvalue weighted by molar-refractivity contribution is 0.600. The van der Waals surface area contributed by atoms with Gasteiger partial charge in [-0.3, -0.25) is 4.72 Å². The van der Waals surface area contributed by atoms with Crippen molar-refractivity contribution in [2.24, 2.45) is 0 Å². The molecule has 1 aromatic heterocycles. The molecule has 0 atom stereocenters. The molecule has 22 heavy (non-hydrogen) atoms. The normalized spacial score (nSPS) is 13.6. The molecule has 1 aromatic carbocycles. The number of fused-ring (bicyclic) bond motifs is 1. The van der Waals surface area contributed by atoms with Gasteiger partial charge in [0.1, 0.15) is 6.07 Å². The highest BCUT2D eigenvalue weighted by atomic mass is 35.5. The van der Waals surface area contributed by atoms with Gasteiger partial charge in [-0.1, -0.05) is 41.6 Å². The number of anilines is 1. The molecule has 114 valence electrons. The molecule has 0 aliphatic carbocycles. The van der Waals surface area contributed by atoms with Gasteiger partial charge in [-0.15, -0.1) is 0 Å². The van der Waals surface area contributed by atoms with Crippen LogP contribution in [0.4, 0.5) is 5.82 Å². The summed E-state index contributed by atoms with van der Waals surface area (Å²) in [5, 5.41) is 10.3. The molecule has 6 nitrogen and oxygen atoms in total. The van der Waals surface area contributed by atoms with E-state index in [0.29, 0.717) is 22.3 Å². The summed E-state index contributed by atoms with van der Waals surface area (Å²) >= 11 is 7.48. The van der Waals surface area contributed by atoms with Crippen molar-refractivity contribution in [2.45, 2.75) is 17.5 Å². The molecular weight excluding hydrogens is 344 g/mol. The number of benzene rings is 1. The number of halogens is 1. The van der Waals surface area contributed by atoms with E-state index in [4.69, 9.17) is 11.6 Å². The Morgan fingerprint density at radius 3 is 2.95 bits per heavy atom. The van der Waals surface area contributed by atoms with Crippen LogP contribution >= 0.6 is 23.4 Å². The second-order valence-electron chi connectivity index (χ2n) is 4.66. The first-order chi connectivity index (χ1) is 10.5. The van der Waals surface area contributed by atoms with Crippen LogP contribution in [0.2, 0.25) is 5.02 Å². The molecular formula is C13H11ClN4O2S2. The summed E-state index contributed by atoms with van der Waals surface area (Å²) in [5.41, 5.74) is 0.735. The van der Waals surface area contributed by atoms with E-state index in [9.17, 15) is 13.7 Å². The van der Waals surface area contributed by atoms with E-state index >= 15 is 0 Å². The summed E-state index contributed by atoms with van der Waals surface area (Å²) in [6.45, 7) is 0.655. The topological polar surface area (TPSA) is 87.8 Å². The number of imidazole rings is 1. The highest BCUT2D eigenvalue weighted by molar-refractivity contribution is 7.99. The quantitative estimate of drug-likeness (QED) is 0.911. The van der Waals surface area contributed by atoms with Crippen molar-refractivity contribution in [3.05, 3.63) is 40.5 Å². The Morgan fingerprint density at radius 1 is 1.45 bits per heavy atom. The average molecular weight is 355 g/mol. The number of sulfonamides is 1. The Morgan fingerprint density at radius 2 is 2.23 bits per heavy atom. The summed E-state index contributed by atoms with van der Waals surface area (Å²) in [6, 6.07) is 8.74. The number of hydrogen-bond acceptors (Lipinski definition) is 5. The highest BCUT2D eigenvalue weighted by Gasteiger charge is 2.25. The van der Waals surface area contributed by atoms with Crippen LogP contribution in [0.1, 0.15) is 11.3 Å². The molecule has 3 rings (SSSR count). The molecule has 2 heterocycles. The van der Waals surface area contributed by atoms with E-state index in [1.165, 1.54) is 11.8 Å². The Kier molecular flexibility index (Phi) is 4.04. The number of hydrogen-bond donors (Lipinski definition) is 1. The third-order valence-electron chi connectivity index (χ3n) is 3.14. The smallest absolute Gasteiger partial charge is 0.238 e. The molecule has 0 radical (unpaired) electrons. The zero-order valence-corrected chi connectivity index (χ0v) is 13.7. The van der Waals surface area contributed by atoms with Crippen LogP contribution in [0.15, 0.2) is 29.4 Å². The van der Waals surface area contributed by atoms with Crippen molar-refractivity contribution in [2.75, 3.05) is 10.5 Å². The molecule has 1 N–H and O–H groups in total.